The van der Waals surface area contributed by atoms with Crippen molar-refractivity contribution in [3.63, 3.8) is 0 Å². The van der Waals surface area contributed by atoms with E-state index < -0.39 is 5.41 Å². The van der Waals surface area contributed by atoms with E-state index in [1.54, 1.807) is 39.0 Å². The third-order valence-corrected chi connectivity index (χ3v) is 3.59. The molecule has 0 spiro atoms. The Bertz CT molecular complexity index is 693. The SMILES string of the molecule is COc1cc(/C=C(/NC(=O)C(C)(C)C)C(=O)NC(C)C)cc(OC)c1OC. The van der Waals surface area contributed by atoms with Gasteiger partial charge in [-0.2, -0.15) is 0 Å². The molecular formula is C20H30N2O5. The van der Waals surface area contributed by atoms with Gasteiger partial charge in [0.1, 0.15) is 5.70 Å². The van der Waals surface area contributed by atoms with Crippen LogP contribution in [0.25, 0.3) is 6.08 Å². The van der Waals surface area contributed by atoms with E-state index in [9.17, 15) is 9.59 Å². The maximum atomic E-state index is 12.6. The van der Waals surface area contributed by atoms with Gasteiger partial charge in [-0.3, -0.25) is 9.59 Å². The highest BCUT2D eigenvalue weighted by Crippen LogP contribution is 2.38. The number of carbonyl (C=O) groups is 2. The van der Waals surface area contributed by atoms with Gasteiger partial charge in [-0.1, -0.05) is 20.8 Å². The molecule has 0 fully saturated rings. The van der Waals surface area contributed by atoms with E-state index in [1.165, 1.54) is 21.3 Å². The first-order chi connectivity index (χ1) is 12.5. The summed E-state index contributed by atoms with van der Waals surface area (Å²) in [5.41, 5.74) is 0.109. The molecule has 2 N–H and O–H groups in total. The normalized spacial score (nSPS) is 11.8. The molecule has 1 aromatic rings. The van der Waals surface area contributed by atoms with E-state index in [2.05, 4.69) is 10.6 Å². The number of benzene rings is 1. The van der Waals surface area contributed by atoms with Crippen LogP contribution in [0.15, 0.2) is 17.8 Å². The molecule has 1 aromatic carbocycles. The summed E-state index contributed by atoms with van der Waals surface area (Å²) in [6.45, 7) is 9.03. The first-order valence-electron chi connectivity index (χ1n) is 8.67. The van der Waals surface area contributed by atoms with Crippen LogP contribution in [0.2, 0.25) is 0 Å². The Morgan fingerprint density at radius 3 is 1.89 bits per heavy atom. The van der Waals surface area contributed by atoms with Gasteiger partial charge in [0.25, 0.3) is 5.91 Å². The van der Waals surface area contributed by atoms with Crippen LogP contribution in [0, 0.1) is 5.41 Å². The summed E-state index contributed by atoms with van der Waals surface area (Å²) in [5, 5.41) is 5.50. The minimum atomic E-state index is -0.646. The van der Waals surface area contributed by atoms with E-state index in [0.29, 0.717) is 22.8 Å². The maximum absolute atomic E-state index is 12.6. The molecule has 0 aromatic heterocycles. The molecule has 0 aliphatic carbocycles. The van der Waals surface area contributed by atoms with Crippen LogP contribution < -0.4 is 24.8 Å². The Morgan fingerprint density at radius 1 is 1.00 bits per heavy atom. The lowest BCUT2D eigenvalue weighted by atomic mass is 9.95. The highest BCUT2D eigenvalue weighted by molar-refractivity contribution is 6.02. The van der Waals surface area contributed by atoms with Gasteiger partial charge in [0.05, 0.1) is 21.3 Å². The minimum Gasteiger partial charge on any atom is -0.493 e. The molecule has 0 unspecified atom stereocenters. The molecule has 1 rings (SSSR count). The first kappa shape index (κ1) is 22.3. The number of carbonyl (C=O) groups excluding carboxylic acids is 2. The van der Waals surface area contributed by atoms with E-state index in [4.69, 9.17) is 14.2 Å². The minimum absolute atomic E-state index is 0.0765. The number of hydrogen-bond acceptors (Lipinski definition) is 5. The summed E-state index contributed by atoms with van der Waals surface area (Å²) < 4.78 is 16.0. The fraction of sp³-hybridized carbons (Fsp3) is 0.500. The molecule has 0 aliphatic rings. The highest BCUT2D eigenvalue weighted by Gasteiger charge is 2.24. The molecule has 0 saturated carbocycles. The molecule has 0 heterocycles. The Morgan fingerprint density at radius 2 is 1.52 bits per heavy atom. The molecule has 0 atom stereocenters. The van der Waals surface area contributed by atoms with Gasteiger partial charge >= 0.3 is 0 Å². The summed E-state index contributed by atoms with van der Waals surface area (Å²) >= 11 is 0. The molecule has 2 amide bonds. The van der Waals surface area contributed by atoms with Crippen LogP contribution in [-0.4, -0.2) is 39.2 Å². The van der Waals surface area contributed by atoms with Gasteiger partial charge in [-0.05, 0) is 37.6 Å². The fourth-order valence-corrected chi connectivity index (χ4v) is 2.16. The second-order valence-corrected chi connectivity index (χ2v) is 7.35. The van der Waals surface area contributed by atoms with E-state index in [0.717, 1.165) is 0 Å². The number of amides is 2. The lowest BCUT2D eigenvalue weighted by Crippen LogP contribution is -2.41. The van der Waals surface area contributed by atoms with Crippen molar-refractivity contribution in [2.45, 2.75) is 40.7 Å². The molecule has 0 saturated heterocycles. The molecular weight excluding hydrogens is 348 g/mol. The predicted molar refractivity (Wildman–Crippen MR) is 105 cm³/mol. The largest absolute Gasteiger partial charge is 0.493 e. The van der Waals surface area contributed by atoms with E-state index in [1.807, 2.05) is 13.8 Å². The fourth-order valence-electron chi connectivity index (χ4n) is 2.16. The lowest BCUT2D eigenvalue weighted by molar-refractivity contribution is -0.129. The summed E-state index contributed by atoms with van der Waals surface area (Å²) in [5.74, 6) is 0.711. The van der Waals surface area contributed by atoms with Crippen molar-refractivity contribution in [1.82, 2.24) is 10.6 Å². The van der Waals surface area contributed by atoms with Crippen molar-refractivity contribution >= 4 is 17.9 Å². The molecule has 7 nitrogen and oxygen atoms in total. The Kier molecular flexibility index (Phi) is 7.69. The lowest BCUT2D eigenvalue weighted by Gasteiger charge is -2.20. The molecule has 7 heteroatoms. The van der Waals surface area contributed by atoms with Crippen molar-refractivity contribution < 1.29 is 23.8 Å². The van der Waals surface area contributed by atoms with Crippen molar-refractivity contribution in [1.29, 1.82) is 0 Å². The van der Waals surface area contributed by atoms with E-state index >= 15 is 0 Å². The van der Waals surface area contributed by atoms with Crippen molar-refractivity contribution in [2.75, 3.05) is 21.3 Å². The van der Waals surface area contributed by atoms with Crippen LogP contribution in [-0.2, 0) is 9.59 Å². The molecule has 0 radical (unpaired) electrons. The zero-order valence-corrected chi connectivity index (χ0v) is 17.4. The molecule has 0 bridgehead atoms. The standard InChI is InChI=1S/C20H30N2O5/c1-12(2)21-18(23)14(22-19(24)20(3,4)5)9-13-10-15(25-6)17(27-8)16(11-13)26-7/h9-12H,1-8H3,(H,21,23)(H,22,24)/b14-9+. The van der Waals surface area contributed by atoms with Gasteiger partial charge in [-0.25, -0.2) is 0 Å². The number of hydrogen-bond donors (Lipinski definition) is 2. The predicted octanol–water partition coefficient (Wildman–Crippen LogP) is 2.74. The average molecular weight is 378 g/mol. The average Bonchev–Trinajstić information content (AvgIpc) is 2.58. The molecule has 150 valence electrons. The summed E-state index contributed by atoms with van der Waals surface area (Å²) in [7, 11) is 4.54. The van der Waals surface area contributed by atoms with Crippen molar-refractivity contribution in [3.05, 3.63) is 23.4 Å². The maximum Gasteiger partial charge on any atom is 0.268 e. The molecule has 27 heavy (non-hydrogen) atoms. The number of nitrogens with one attached hydrogen (secondary N) is 2. The first-order valence-corrected chi connectivity index (χ1v) is 8.67. The Balaban J connectivity index is 3.41. The van der Waals surface area contributed by atoms with Gasteiger partial charge in [-0.15, -0.1) is 0 Å². The summed E-state index contributed by atoms with van der Waals surface area (Å²) in [6, 6.07) is 3.33. The van der Waals surface area contributed by atoms with Crippen molar-refractivity contribution in [3.8, 4) is 17.2 Å². The van der Waals surface area contributed by atoms with Crippen LogP contribution in [0.1, 0.15) is 40.2 Å². The topological polar surface area (TPSA) is 85.9 Å². The van der Waals surface area contributed by atoms with Crippen molar-refractivity contribution in [2.24, 2.45) is 5.41 Å². The highest BCUT2D eigenvalue weighted by atomic mass is 16.5. The monoisotopic (exact) mass is 378 g/mol. The number of ether oxygens (including phenoxy) is 3. The Labute approximate surface area is 161 Å². The van der Waals surface area contributed by atoms with Gasteiger partial charge in [0, 0.05) is 11.5 Å². The zero-order chi connectivity index (χ0) is 20.8. The number of rotatable bonds is 7. The van der Waals surface area contributed by atoms with Crippen LogP contribution in [0.5, 0.6) is 17.2 Å². The second kappa shape index (κ2) is 9.30. The third kappa shape index (κ3) is 6.20. The van der Waals surface area contributed by atoms with E-state index in [-0.39, 0.29) is 23.6 Å². The van der Waals surface area contributed by atoms with Crippen LogP contribution in [0.4, 0.5) is 0 Å². The van der Waals surface area contributed by atoms with Crippen LogP contribution in [0.3, 0.4) is 0 Å². The quantitative estimate of drug-likeness (QED) is 0.713. The smallest absolute Gasteiger partial charge is 0.268 e. The summed E-state index contributed by atoms with van der Waals surface area (Å²) in [4.78, 5) is 25.0. The Hall–Kier alpha value is -2.70. The van der Waals surface area contributed by atoms with Gasteiger partial charge in [0.2, 0.25) is 11.7 Å². The number of methoxy groups -OCH3 is 3. The van der Waals surface area contributed by atoms with Gasteiger partial charge < -0.3 is 24.8 Å². The summed E-state index contributed by atoms with van der Waals surface area (Å²) in [6.07, 6.45) is 1.58. The zero-order valence-electron chi connectivity index (χ0n) is 17.4. The van der Waals surface area contributed by atoms with Gasteiger partial charge in [0.15, 0.2) is 11.5 Å². The third-order valence-electron chi connectivity index (χ3n) is 3.59. The second-order valence-electron chi connectivity index (χ2n) is 7.35. The molecule has 0 aliphatic heterocycles. The van der Waals surface area contributed by atoms with Crippen LogP contribution >= 0.6 is 0 Å².